The highest BCUT2D eigenvalue weighted by Crippen LogP contribution is 2.03. The van der Waals surface area contributed by atoms with Crippen LogP contribution >= 0.6 is 0 Å². The zero-order valence-electron chi connectivity index (χ0n) is 14.3. The Morgan fingerprint density at radius 2 is 2.00 bits per heavy atom. The Morgan fingerprint density at radius 3 is 2.68 bits per heavy atom. The molecule has 7 nitrogen and oxygen atoms in total. The number of ether oxygens (including phenoxy) is 3. The Hall–Kier alpha value is -0.890. The first kappa shape index (κ1) is 19.2. The molecule has 1 unspecified atom stereocenters. The molecule has 0 radical (unpaired) electrons. The summed E-state index contributed by atoms with van der Waals surface area (Å²) in [5, 5.41) is 6.54. The second kappa shape index (κ2) is 12.6. The van der Waals surface area contributed by atoms with Gasteiger partial charge in [0.25, 0.3) is 0 Å². The number of methoxy groups -OCH3 is 1. The third-order valence-corrected chi connectivity index (χ3v) is 3.50. The molecule has 1 rings (SSSR count). The van der Waals surface area contributed by atoms with Gasteiger partial charge in [-0.2, -0.15) is 0 Å². The fourth-order valence-electron chi connectivity index (χ4n) is 2.18. The number of hydrogen-bond acceptors (Lipinski definition) is 5. The van der Waals surface area contributed by atoms with E-state index in [1.165, 1.54) is 0 Å². The van der Waals surface area contributed by atoms with Gasteiger partial charge in [-0.3, -0.25) is 9.89 Å². The van der Waals surface area contributed by atoms with Crippen molar-refractivity contribution >= 4 is 5.96 Å². The van der Waals surface area contributed by atoms with E-state index in [4.69, 9.17) is 14.2 Å². The first-order valence-corrected chi connectivity index (χ1v) is 8.18. The monoisotopic (exact) mass is 316 g/mol. The number of guanidine groups is 1. The van der Waals surface area contributed by atoms with Gasteiger partial charge in [-0.25, -0.2) is 0 Å². The molecule has 2 N–H and O–H groups in total. The van der Waals surface area contributed by atoms with Crippen molar-refractivity contribution in [1.82, 2.24) is 15.5 Å². The number of rotatable bonds is 10. The molecule has 0 saturated carbocycles. The molecule has 1 atom stereocenters. The topological polar surface area (TPSA) is 67.4 Å². The largest absolute Gasteiger partial charge is 0.382 e. The molecule has 22 heavy (non-hydrogen) atoms. The Morgan fingerprint density at radius 1 is 1.23 bits per heavy atom. The van der Waals surface area contributed by atoms with Crippen LogP contribution in [0.1, 0.15) is 13.8 Å². The summed E-state index contributed by atoms with van der Waals surface area (Å²) in [6.07, 6.45) is 0. The third-order valence-electron chi connectivity index (χ3n) is 3.50. The zero-order chi connectivity index (χ0) is 16.0. The van der Waals surface area contributed by atoms with Gasteiger partial charge in [0.1, 0.15) is 0 Å². The van der Waals surface area contributed by atoms with E-state index in [9.17, 15) is 0 Å². The zero-order valence-corrected chi connectivity index (χ0v) is 14.3. The van der Waals surface area contributed by atoms with Crippen molar-refractivity contribution in [2.45, 2.75) is 19.9 Å². The fourth-order valence-corrected chi connectivity index (χ4v) is 2.18. The van der Waals surface area contributed by atoms with Gasteiger partial charge in [0.15, 0.2) is 5.96 Å². The van der Waals surface area contributed by atoms with Crippen LogP contribution in [0.5, 0.6) is 0 Å². The summed E-state index contributed by atoms with van der Waals surface area (Å²) in [5.74, 6) is 0.845. The molecular weight excluding hydrogens is 284 g/mol. The van der Waals surface area contributed by atoms with Crippen LogP contribution in [0.15, 0.2) is 4.99 Å². The quantitative estimate of drug-likeness (QED) is 0.334. The summed E-state index contributed by atoms with van der Waals surface area (Å²) >= 11 is 0. The van der Waals surface area contributed by atoms with Gasteiger partial charge in [-0.05, 0) is 13.8 Å². The SMILES string of the molecule is CCNC(=NCC(C)N1CCOCC1)NCCOCCOC. The van der Waals surface area contributed by atoms with E-state index in [2.05, 4.69) is 34.4 Å². The van der Waals surface area contributed by atoms with E-state index in [0.717, 1.165) is 51.9 Å². The molecule has 0 amide bonds. The van der Waals surface area contributed by atoms with E-state index in [1.54, 1.807) is 7.11 Å². The molecule has 1 aliphatic heterocycles. The Labute approximate surface area is 134 Å². The highest BCUT2D eigenvalue weighted by Gasteiger charge is 2.16. The number of hydrogen-bond donors (Lipinski definition) is 2. The number of morpholine rings is 1. The Balaban J connectivity index is 2.24. The van der Waals surface area contributed by atoms with Crippen LogP contribution in [-0.2, 0) is 14.2 Å². The minimum atomic E-state index is 0.428. The third kappa shape index (κ3) is 8.53. The van der Waals surface area contributed by atoms with Crippen molar-refractivity contribution in [2.24, 2.45) is 4.99 Å². The molecule has 130 valence electrons. The van der Waals surface area contributed by atoms with Crippen molar-refractivity contribution in [3.63, 3.8) is 0 Å². The fraction of sp³-hybridized carbons (Fsp3) is 0.933. The minimum Gasteiger partial charge on any atom is -0.382 e. The molecule has 0 bridgehead atoms. The van der Waals surface area contributed by atoms with Gasteiger partial charge in [-0.1, -0.05) is 0 Å². The Bertz CT molecular complexity index is 297. The van der Waals surface area contributed by atoms with Gasteiger partial charge in [0.2, 0.25) is 0 Å². The molecule has 1 saturated heterocycles. The van der Waals surface area contributed by atoms with Gasteiger partial charge in [0, 0.05) is 39.3 Å². The van der Waals surface area contributed by atoms with E-state index >= 15 is 0 Å². The lowest BCUT2D eigenvalue weighted by Crippen LogP contribution is -2.44. The van der Waals surface area contributed by atoms with E-state index in [1.807, 2.05) is 0 Å². The first-order chi connectivity index (χ1) is 10.8. The minimum absolute atomic E-state index is 0.428. The molecule has 1 fully saturated rings. The molecule has 0 spiro atoms. The predicted molar refractivity (Wildman–Crippen MR) is 88.5 cm³/mol. The maximum atomic E-state index is 5.43. The molecule has 0 aliphatic carbocycles. The highest BCUT2D eigenvalue weighted by atomic mass is 16.5. The van der Waals surface area contributed by atoms with Crippen molar-refractivity contribution < 1.29 is 14.2 Å². The van der Waals surface area contributed by atoms with Crippen LogP contribution in [0, 0.1) is 0 Å². The second-order valence-corrected chi connectivity index (χ2v) is 5.25. The summed E-state index contributed by atoms with van der Waals surface area (Å²) in [6.45, 7) is 12.2. The van der Waals surface area contributed by atoms with Gasteiger partial charge >= 0.3 is 0 Å². The van der Waals surface area contributed by atoms with E-state index in [-0.39, 0.29) is 0 Å². The lowest BCUT2D eigenvalue weighted by Gasteiger charge is -2.31. The molecule has 1 heterocycles. The van der Waals surface area contributed by atoms with Crippen LogP contribution in [0.4, 0.5) is 0 Å². The summed E-state index contributed by atoms with van der Waals surface area (Å²) in [5.41, 5.74) is 0. The van der Waals surface area contributed by atoms with Crippen LogP contribution < -0.4 is 10.6 Å². The normalized spacial score (nSPS) is 18.2. The average Bonchev–Trinajstić information content (AvgIpc) is 2.56. The molecule has 1 aliphatic rings. The van der Waals surface area contributed by atoms with E-state index < -0.39 is 0 Å². The summed E-state index contributed by atoms with van der Waals surface area (Å²) in [6, 6.07) is 0.428. The smallest absolute Gasteiger partial charge is 0.191 e. The first-order valence-electron chi connectivity index (χ1n) is 8.18. The van der Waals surface area contributed by atoms with Gasteiger partial charge in [-0.15, -0.1) is 0 Å². The summed E-state index contributed by atoms with van der Waals surface area (Å²) < 4.78 is 15.7. The van der Waals surface area contributed by atoms with E-state index in [0.29, 0.717) is 25.9 Å². The maximum Gasteiger partial charge on any atom is 0.191 e. The number of nitrogens with zero attached hydrogens (tertiary/aromatic N) is 2. The van der Waals surface area contributed by atoms with Crippen LogP contribution in [0.2, 0.25) is 0 Å². The highest BCUT2D eigenvalue weighted by molar-refractivity contribution is 5.79. The van der Waals surface area contributed by atoms with Crippen LogP contribution in [0.3, 0.4) is 0 Å². The molecular formula is C15H32N4O3. The predicted octanol–water partition coefficient (Wildman–Crippen LogP) is -0.0748. The van der Waals surface area contributed by atoms with Crippen LogP contribution in [-0.4, -0.2) is 89.8 Å². The molecule has 0 aromatic heterocycles. The van der Waals surface area contributed by atoms with Crippen LogP contribution in [0.25, 0.3) is 0 Å². The summed E-state index contributed by atoms with van der Waals surface area (Å²) in [4.78, 5) is 7.08. The number of nitrogens with one attached hydrogen (secondary N) is 2. The van der Waals surface area contributed by atoms with Crippen molar-refractivity contribution in [2.75, 3.05) is 72.9 Å². The summed E-state index contributed by atoms with van der Waals surface area (Å²) in [7, 11) is 1.67. The Kier molecular flexibility index (Phi) is 11.0. The molecule has 0 aromatic carbocycles. The van der Waals surface area contributed by atoms with Crippen molar-refractivity contribution in [1.29, 1.82) is 0 Å². The van der Waals surface area contributed by atoms with Gasteiger partial charge < -0.3 is 24.8 Å². The van der Waals surface area contributed by atoms with Crippen molar-refractivity contribution in [3.05, 3.63) is 0 Å². The number of aliphatic imine (C=N–C) groups is 1. The lowest BCUT2D eigenvalue weighted by atomic mass is 10.2. The average molecular weight is 316 g/mol. The van der Waals surface area contributed by atoms with Gasteiger partial charge in [0.05, 0.1) is 39.6 Å². The second-order valence-electron chi connectivity index (χ2n) is 5.25. The van der Waals surface area contributed by atoms with Crippen molar-refractivity contribution in [3.8, 4) is 0 Å². The molecule has 7 heteroatoms. The maximum absolute atomic E-state index is 5.43. The standard InChI is InChI=1S/C15H32N4O3/c1-4-16-15(17-5-8-21-12-11-20-3)18-13-14(2)19-6-9-22-10-7-19/h14H,4-13H2,1-3H3,(H2,16,17,18). The molecule has 0 aromatic rings. The lowest BCUT2D eigenvalue weighted by molar-refractivity contribution is 0.0220.